The highest BCUT2D eigenvalue weighted by Gasteiger charge is 2.21. The van der Waals surface area contributed by atoms with Crippen molar-refractivity contribution in [3.05, 3.63) is 117 Å². The van der Waals surface area contributed by atoms with Crippen LogP contribution in [-0.2, 0) is 13.1 Å². The summed E-state index contributed by atoms with van der Waals surface area (Å²) in [5, 5.41) is 6.42. The summed E-state index contributed by atoms with van der Waals surface area (Å²) in [6, 6.07) is 17.6. The number of hydrogen-bond donors (Lipinski definition) is 1. The highest BCUT2D eigenvalue weighted by Crippen LogP contribution is 2.09. The van der Waals surface area contributed by atoms with Gasteiger partial charge in [0.25, 0.3) is 11.5 Å². The first-order valence-electron chi connectivity index (χ1n) is 9.38. The molecule has 9 heteroatoms. The molecule has 0 spiro atoms. The van der Waals surface area contributed by atoms with Gasteiger partial charge < -0.3 is 9.73 Å². The molecule has 4 rings (SSSR count). The number of para-hydroxylation sites is 1. The molecule has 1 N–H and O–H groups in total. The van der Waals surface area contributed by atoms with Gasteiger partial charge >= 0.3 is 5.69 Å². The molecule has 0 unspecified atom stereocenters. The first-order chi connectivity index (χ1) is 15.0. The van der Waals surface area contributed by atoms with Crippen molar-refractivity contribution in [2.75, 3.05) is 0 Å². The van der Waals surface area contributed by atoms with E-state index < -0.39 is 28.7 Å². The zero-order valence-corrected chi connectivity index (χ0v) is 16.2. The lowest BCUT2D eigenvalue weighted by molar-refractivity contribution is 0.0938. The van der Waals surface area contributed by atoms with E-state index in [-0.39, 0.29) is 18.8 Å². The van der Waals surface area contributed by atoms with Crippen molar-refractivity contribution in [1.82, 2.24) is 19.7 Å². The third-order valence-electron chi connectivity index (χ3n) is 4.54. The van der Waals surface area contributed by atoms with Gasteiger partial charge in [-0.3, -0.25) is 14.2 Å². The highest BCUT2D eigenvalue weighted by atomic mass is 19.1. The van der Waals surface area contributed by atoms with Crippen LogP contribution in [0.1, 0.15) is 21.8 Å². The van der Waals surface area contributed by atoms with Crippen LogP contribution in [0.4, 0.5) is 4.39 Å². The molecule has 2 heterocycles. The fraction of sp³-hybridized carbons (Fsp3) is 0.0909. The molecule has 0 aliphatic heterocycles. The Bertz CT molecular complexity index is 1330. The Labute approximate surface area is 175 Å². The van der Waals surface area contributed by atoms with Crippen molar-refractivity contribution in [3.63, 3.8) is 0 Å². The van der Waals surface area contributed by atoms with E-state index in [0.29, 0.717) is 11.3 Å². The topological polar surface area (TPSA) is 99.1 Å². The zero-order valence-electron chi connectivity index (χ0n) is 16.2. The van der Waals surface area contributed by atoms with E-state index in [4.69, 9.17) is 4.42 Å². The molecular weight excluding hydrogens is 403 g/mol. The number of hydrogen-bond acceptors (Lipinski definition) is 5. The Balaban J connectivity index is 1.82. The maximum atomic E-state index is 14.4. The van der Waals surface area contributed by atoms with E-state index in [1.54, 1.807) is 42.5 Å². The number of nitrogens with one attached hydrogen (secondary N) is 1. The number of benzene rings is 2. The van der Waals surface area contributed by atoms with Gasteiger partial charge in [-0.2, -0.15) is 9.78 Å². The van der Waals surface area contributed by atoms with Crippen molar-refractivity contribution in [1.29, 1.82) is 0 Å². The van der Waals surface area contributed by atoms with Crippen LogP contribution in [-0.4, -0.2) is 20.3 Å². The Morgan fingerprint density at radius 3 is 2.45 bits per heavy atom. The summed E-state index contributed by atoms with van der Waals surface area (Å²) in [6.45, 7) is -0.0849. The number of nitrogens with zero attached hydrogens (tertiary/aromatic N) is 3. The largest absolute Gasteiger partial charge is 0.467 e. The predicted octanol–water partition coefficient (Wildman–Crippen LogP) is 2.10. The molecule has 2 aromatic heterocycles. The minimum atomic E-state index is -0.876. The molecule has 0 saturated carbocycles. The van der Waals surface area contributed by atoms with Crippen molar-refractivity contribution in [3.8, 4) is 5.69 Å². The van der Waals surface area contributed by atoms with Crippen LogP contribution in [0.3, 0.4) is 0 Å². The fourth-order valence-corrected chi connectivity index (χ4v) is 3.01. The predicted molar refractivity (Wildman–Crippen MR) is 109 cm³/mol. The number of rotatable bonds is 6. The summed E-state index contributed by atoms with van der Waals surface area (Å²) in [7, 11) is 0. The number of halogens is 1. The molecule has 0 bridgehead atoms. The van der Waals surface area contributed by atoms with Crippen LogP contribution >= 0.6 is 0 Å². The molecule has 0 fully saturated rings. The number of furan rings is 1. The maximum Gasteiger partial charge on any atom is 0.352 e. The number of aromatic nitrogens is 3. The lowest BCUT2D eigenvalue weighted by Gasteiger charge is -2.12. The molecule has 0 radical (unpaired) electrons. The summed E-state index contributed by atoms with van der Waals surface area (Å²) < 4.78 is 21.1. The Kier molecular flexibility index (Phi) is 5.57. The fourth-order valence-electron chi connectivity index (χ4n) is 3.01. The SMILES string of the molecule is O=C(NCc1ccco1)c1nn(-c2ccccc2F)c(=O)n(Cc2ccccc2)c1=O. The highest BCUT2D eigenvalue weighted by molar-refractivity contribution is 5.91. The van der Waals surface area contributed by atoms with Crippen LogP contribution in [0.5, 0.6) is 0 Å². The van der Waals surface area contributed by atoms with Crippen LogP contribution in [0.15, 0.2) is 87.0 Å². The number of carbonyl (C=O) groups excluding carboxylic acids is 1. The van der Waals surface area contributed by atoms with Gasteiger partial charge in [0.1, 0.15) is 17.3 Å². The van der Waals surface area contributed by atoms with E-state index in [1.807, 2.05) is 0 Å². The number of amides is 1. The lowest BCUT2D eigenvalue weighted by atomic mass is 10.2. The molecule has 0 aliphatic rings. The van der Waals surface area contributed by atoms with Gasteiger partial charge in [0.15, 0.2) is 0 Å². The molecule has 31 heavy (non-hydrogen) atoms. The normalized spacial score (nSPS) is 10.7. The molecule has 0 aliphatic carbocycles. The molecule has 8 nitrogen and oxygen atoms in total. The standard InChI is InChI=1S/C22H17FN4O4/c23-17-10-4-5-11-18(17)27-22(30)26(14-15-7-2-1-3-8-15)21(29)19(25-27)20(28)24-13-16-9-6-12-31-16/h1-12H,13-14H2,(H,24,28). The van der Waals surface area contributed by atoms with Crippen LogP contribution < -0.4 is 16.6 Å². The lowest BCUT2D eigenvalue weighted by Crippen LogP contribution is -2.46. The molecule has 4 aromatic rings. The summed E-state index contributed by atoms with van der Waals surface area (Å²) in [6.07, 6.45) is 1.45. The summed E-state index contributed by atoms with van der Waals surface area (Å²) >= 11 is 0. The van der Waals surface area contributed by atoms with Gasteiger partial charge in [-0.15, -0.1) is 0 Å². The van der Waals surface area contributed by atoms with E-state index in [0.717, 1.165) is 15.3 Å². The molecule has 1 amide bonds. The third kappa shape index (κ3) is 4.20. The quantitative estimate of drug-likeness (QED) is 0.515. The second kappa shape index (κ2) is 8.62. The zero-order chi connectivity index (χ0) is 21.8. The van der Waals surface area contributed by atoms with Crippen LogP contribution in [0.2, 0.25) is 0 Å². The van der Waals surface area contributed by atoms with Crippen molar-refractivity contribution in [2.45, 2.75) is 13.1 Å². The molecule has 156 valence electrons. The molecule has 0 atom stereocenters. The Hall–Kier alpha value is -4.27. The average molecular weight is 420 g/mol. The number of carbonyl (C=O) groups is 1. The van der Waals surface area contributed by atoms with Crippen LogP contribution in [0, 0.1) is 5.82 Å². The van der Waals surface area contributed by atoms with Gasteiger partial charge in [-0.25, -0.2) is 9.18 Å². The first kappa shape index (κ1) is 20.0. The van der Waals surface area contributed by atoms with Gasteiger partial charge in [-0.05, 0) is 29.8 Å². The Morgan fingerprint density at radius 2 is 1.74 bits per heavy atom. The molecular formula is C22H17FN4O4. The maximum absolute atomic E-state index is 14.4. The summed E-state index contributed by atoms with van der Waals surface area (Å²) in [5.41, 5.74) is -1.78. The second-order valence-corrected chi connectivity index (χ2v) is 6.63. The van der Waals surface area contributed by atoms with Crippen LogP contribution in [0.25, 0.3) is 5.69 Å². The van der Waals surface area contributed by atoms with Crippen molar-refractivity contribution < 1.29 is 13.6 Å². The van der Waals surface area contributed by atoms with E-state index in [9.17, 15) is 18.8 Å². The smallest absolute Gasteiger partial charge is 0.352 e. The van der Waals surface area contributed by atoms with E-state index >= 15 is 0 Å². The molecule has 0 saturated heterocycles. The monoisotopic (exact) mass is 420 g/mol. The Morgan fingerprint density at radius 1 is 1.00 bits per heavy atom. The minimum absolute atomic E-state index is 0.0183. The first-order valence-corrected chi connectivity index (χ1v) is 9.38. The van der Waals surface area contributed by atoms with Gasteiger partial charge in [0, 0.05) is 0 Å². The van der Waals surface area contributed by atoms with Gasteiger partial charge in [0.05, 0.1) is 19.4 Å². The van der Waals surface area contributed by atoms with E-state index in [1.165, 1.54) is 24.5 Å². The van der Waals surface area contributed by atoms with E-state index in [2.05, 4.69) is 10.4 Å². The second-order valence-electron chi connectivity index (χ2n) is 6.63. The molecule has 2 aromatic carbocycles. The summed E-state index contributed by atoms with van der Waals surface area (Å²) in [4.78, 5) is 38.7. The van der Waals surface area contributed by atoms with Crippen molar-refractivity contribution >= 4 is 5.91 Å². The summed E-state index contributed by atoms with van der Waals surface area (Å²) in [5.74, 6) is -1.06. The van der Waals surface area contributed by atoms with Crippen molar-refractivity contribution in [2.24, 2.45) is 0 Å². The minimum Gasteiger partial charge on any atom is -0.467 e. The third-order valence-corrected chi connectivity index (χ3v) is 4.54. The van der Waals surface area contributed by atoms with Gasteiger partial charge in [0.2, 0.25) is 5.69 Å². The van der Waals surface area contributed by atoms with Gasteiger partial charge in [-0.1, -0.05) is 42.5 Å². The average Bonchev–Trinajstić information content (AvgIpc) is 3.30.